The van der Waals surface area contributed by atoms with Gasteiger partial charge in [-0.2, -0.15) is 0 Å². The number of methoxy groups -OCH3 is 1. The zero-order valence-electron chi connectivity index (χ0n) is 20.4. The maximum Gasteiger partial charge on any atom is 0.249 e. The molecule has 2 atom stereocenters. The molecule has 0 radical (unpaired) electrons. The normalized spacial score (nSPS) is 24.4. The average molecular weight is 486 g/mol. The van der Waals surface area contributed by atoms with Crippen LogP contribution in [0, 0.1) is 11.8 Å². The van der Waals surface area contributed by atoms with E-state index < -0.39 is 0 Å². The maximum atomic E-state index is 13.3. The van der Waals surface area contributed by atoms with Crippen molar-refractivity contribution in [1.82, 2.24) is 14.7 Å². The number of amides is 3. The third-order valence-electron chi connectivity index (χ3n) is 6.96. The molecule has 9 nitrogen and oxygen atoms in total. The van der Waals surface area contributed by atoms with Crippen molar-refractivity contribution in [1.29, 1.82) is 0 Å². The molecule has 1 aromatic rings. The van der Waals surface area contributed by atoms with Gasteiger partial charge in [0.1, 0.15) is 25.5 Å². The lowest BCUT2D eigenvalue weighted by Crippen LogP contribution is -2.49. The Labute approximate surface area is 206 Å². The molecule has 0 aromatic heterocycles. The Balaban J connectivity index is 1.53. The zero-order chi connectivity index (χ0) is 24.6. The molecule has 35 heavy (non-hydrogen) atoms. The summed E-state index contributed by atoms with van der Waals surface area (Å²) < 4.78 is 16.4. The van der Waals surface area contributed by atoms with Gasteiger partial charge in [-0.1, -0.05) is 30.4 Å². The number of carbonyl (C=O) groups excluding carboxylic acids is 3. The van der Waals surface area contributed by atoms with Crippen molar-refractivity contribution in [2.75, 3.05) is 66.3 Å². The van der Waals surface area contributed by atoms with Crippen LogP contribution in [0.2, 0.25) is 0 Å². The third kappa shape index (κ3) is 6.61. The highest BCUT2D eigenvalue weighted by molar-refractivity contribution is 5.85. The number of ether oxygens (including phenoxy) is 3. The topological polar surface area (TPSA) is 88.6 Å². The summed E-state index contributed by atoms with van der Waals surface area (Å²) in [7, 11) is 1.47. The van der Waals surface area contributed by atoms with Crippen LogP contribution in [0.4, 0.5) is 0 Å². The first-order valence-electron chi connectivity index (χ1n) is 12.3. The fraction of sp³-hybridized carbons (Fsp3) is 0.577. The molecule has 3 amide bonds. The predicted molar refractivity (Wildman–Crippen MR) is 129 cm³/mol. The smallest absolute Gasteiger partial charge is 0.249 e. The van der Waals surface area contributed by atoms with E-state index in [1.165, 1.54) is 12.0 Å². The van der Waals surface area contributed by atoms with Crippen LogP contribution in [0.5, 0.6) is 5.75 Å². The summed E-state index contributed by atoms with van der Waals surface area (Å²) in [6, 6.07) is 7.56. The number of piperidine rings is 1. The molecule has 190 valence electrons. The van der Waals surface area contributed by atoms with Gasteiger partial charge in [0.2, 0.25) is 17.7 Å². The van der Waals surface area contributed by atoms with Gasteiger partial charge in [0, 0.05) is 51.8 Å². The van der Waals surface area contributed by atoms with Crippen LogP contribution >= 0.6 is 0 Å². The van der Waals surface area contributed by atoms with Gasteiger partial charge in [0.05, 0.1) is 13.2 Å². The van der Waals surface area contributed by atoms with Gasteiger partial charge in [-0.25, -0.2) is 0 Å². The van der Waals surface area contributed by atoms with Gasteiger partial charge in [0.15, 0.2) is 0 Å². The Hall–Kier alpha value is -2.91. The van der Waals surface area contributed by atoms with Crippen molar-refractivity contribution < 1.29 is 28.6 Å². The molecule has 3 heterocycles. The van der Waals surface area contributed by atoms with E-state index in [1.54, 1.807) is 0 Å². The minimum absolute atomic E-state index is 0.0235. The van der Waals surface area contributed by atoms with Gasteiger partial charge in [0.25, 0.3) is 0 Å². The molecule has 0 aliphatic carbocycles. The Morgan fingerprint density at radius 2 is 1.86 bits per heavy atom. The lowest BCUT2D eigenvalue weighted by molar-refractivity contribution is -0.144. The second-order valence-electron chi connectivity index (χ2n) is 9.28. The molecule has 3 aliphatic heterocycles. The van der Waals surface area contributed by atoms with E-state index >= 15 is 0 Å². The summed E-state index contributed by atoms with van der Waals surface area (Å²) in [4.78, 5) is 44.2. The first kappa shape index (κ1) is 25.2. The number of hydrogen-bond acceptors (Lipinski definition) is 6. The number of carbonyl (C=O) groups is 3. The molecule has 4 rings (SSSR count). The molecule has 9 heteroatoms. The fourth-order valence-electron chi connectivity index (χ4n) is 4.95. The summed E-state index contributed by atoms with van der Waals surface area (Å²) in [6.45, 7) is 4.05. The van der Waals surface area contributed by atoms with E-state index in [-0.39, 0.29) is 49.3 Å². The molecule has 3 aliphatic rings. The zero-order valence-corrected chi connectivity index (χ0v) is 20.4. The molecule has 2 saturated heterocycles. The maximum absolute atomic E-state index is 13.3. The summed E-state index contributed by atoms with van der Waals surface area (Å²) in [5.74, 6) is 0.682. The standard InChI is InChI=1S/C26H35N3O6/c1-33-19-26(32)29-17-22-5-2-3-7-23(22)35-12-4-6-21-16-28(25(31)18-29)9-8-20(21)15-24(30)27-10-13-34-14-11-27/h2-7,20-21H,8-19H2,1H3/b6-4-/t20-,21-/m0/s1. The second-order valence-corrected chi connectivity index (χ2v) is 9.28. The minimum Gasteiger partial charge on any atom is -0.489 e. The number of benzene rings is 1. The van der Waals surface area contributed by atoms with Gasteiger partial charge < -0.3 is 28.9 Å². The summed E-state index contributed by atoms with van der Waals surface area (Å²) in [6.07, 6.45) is 5.27. The first-order chi connectivity index (χ1) is 17.0. The van der Waals surface area contributed by atoms with E-state index in [2.05, 4.69) is 6.08 Å². The first-order valence-corrected chi connectivity index (χ1v) is 12.3. The minimum atomic E-state index is -0.244. The van der Waals surface area contributed by atoms with Crippen molar-refractivity contribution in [3.63, 3.8) is 0 Å². The number of nitrogens with zero attached hydrogens (tertiary/aromatic N) is 3. The number of para-hydroxylation sites is 1. The Morgan fingerprint density at radius 1 is 1.06 bits per heavy atom. The molecule has 0 N–H and O–H groups in total. The van der Waals surface area contributed by atoms with Gasteiger partial charge in [-0.05, 0) is 24.3 Å². The molecule has 1 aromatic carbocycles. The van der Waals surface area contributed by atoms with Crippen molar-refractivity contribution >= 4 is 17.7 Å². The molecular formula is C26H35N3O6. The fourth-order valence-corrected chi connectivity index (χ4v) is 4.95. The quantitative estimate of drug-likeness (QED) is 0.598. The van der Waals surface area contributed by atoms with Gasteiger partial charge >= 0.3 is 0 Å². The summed E-state index contributed by atoms with van der Waals surface area (Å²) in [5.41, 5.74) is 0.837. The average Bonchev–Trinajstić information content (AvgIpc) is 2.88. The molecule has 0 unspecified atom stereocenters. The highest BCUT2D eigenvalue weighted by atomic mass is 16.5. The van der Waals surface area contributed by atoms with Crippen LogP contribution in [-0.2, 0) is 30.4 Å². The Bertz CT molecular complexity index is 929. The van der Waals surface area contributed by atoms with Crippen LogP contribution in [0.1, 0.15) is 18.4 Å². The number of hydrogen-bond donors (Lipinski definition) is 0. The molecule has 0 spiro atoms. The van der Waals surface area contributed by atoms with Gasteiger partial charge in [-0.3, -0.25) is 14.4 Å². The largest absolute Gasteiger partial charge is 0.489 e. The van der Waals surface area contributed by atoms with E-state index in [0.717, 1.165) is 12.0 Å². The Kier molecular flexibility index (Phi) is 8.76. The summed E-state index contributed by atoms with van der Waals surface area (Å²) in [5, 5.41) is 0. The van der Waals surface area contributed by atoms with Crippen LogP contribution in [0.3, 0.4) is 0 Å². The van der Waals surface area contributed by atoms with Crippen molar-refractivity contribution in [2.24, 2.45) is 11.8 Å². The van der Waals surface area contributed by atoms with E-state index in [4.69, 9.17) is 14.2 Å². The second kappa shape index (κ2) is 12.2. The lowest BCUT2D eigenvalue weighted by atomic mass is 9.82. The molecule has 2 bridgehead atoms. The number of morpholine rings is 1. The number of fused-ring (bicyclic) bond motifs is 3. The van der Waals surface area contributed by atoms with Crippen LogP contribution in [0.25, 0.3) is 0 Å². The lowest BCUT2D eigenvalue weighted by Gasteiger charge is -2.39. The molecule has 0 saturated carbocycles. The van der Waals surface area contributed by atoms with Crippen molar-refractivity contribution in [3.8, 4) is 5.75 Å². The van der Waals surface area contributed by atoms with E-state index in [9.17, 15) is 14.4 Å². The van der Waals surface area contributed by atoms with Crippen molar-refractivity contribution in [3.05, 3.63) is 42.0 Å². The van der Waals surface area contributed by atoms with E-state index in [1.807, 2.05) is 40.1 Å². The van der Waals surface area contributed by atoms with Crippen LogP contribution in [-0.4, -0.2) is 98.7 Å². The molecule has 2 fully saturated rings. The monoisotopic (exact) mass is 485 g/mol. The SMILES string of the molecule is COCC(=O)N1CC(=O)N2CC[C@@H](CC(=O)N3CCOCC3)[C@@H](/C=C\COc3ccccc3C1)C2. The predicted octanol–water partition coefficient (Wildman–Crippen LogP) is 1.32. The third-order valence-corrected chi connectivity index (χ3v) is 6.96. The molecular weight excluding hydrogens is 450 g/mol. The highest BCUT2D eigenvalue weighted by Crippen LogP contribution is 2.29. The number of rotatable bonds is 4. The van der Waals surface area contributed by atoms with Gasteiger partial charge in [-0.15, -0.1) is 0 Å². The highest BCUT2D eigenvalue weighted by Gasteiger charge is 2.34. The Morgan fingerprint density at radius 3 is 2.66 bits per heavy atom. The summed E-state index contributed by atoms with van der Waals surface area (Å²) >= 11 is 0. The van der Waals surface area contributed by atoms with Crippen LogP contribution < -0.4 is 4.74 Å². The van der Waals surface area contributed by atoms with E-state index in [0.29, 0.717) is 58.2 Å². The van der Waals surface area contributed by atoms with Crippen LogP contribution in [0.15, 0.2) is 36.4 Å². The van der Waals surface area contributed by atoms with Crippen molar-refractivity contribution in [2.45, 2.75) is 19.4 Å².